The van der Waals surface area contributed by atoms with E-state index in [2.05, 4.69) is 4.98 Å². The maximum Gasteiger partial charge on any atom is 0.310 e. The monoisotopic (exact) mass is 402 g/mol. The number of methoxy groups -OCH3 is 1. The van der Waals surface area contributed by atoms with Crippen LogP contribution in [-0.4, -0.2) is 70.4 Å². The summed E-state index contributed by atoms with van der Waals surface area (Å²) in [5.74, 6) is 1.03. The number of carbonyl (C=O) groups excluding carboxylic acids is 3. The van der Waals surface area contributed by atoms with Crippen molar-refractivity contribution in [1.82, 2.24) is 19.4 Å². The molecule has 0 spiro atoms. The van der Waals surface area contributed by atoms with Crippen molar-refractivity contribution in [1.29, 1.82) is 0 Å². The lowest BCUT2D eigenvalue weighted by Gasteiger charge is -2.22. The summed E-state index contributed by atoms with van der Waals surface area (Å²) >= 11 is 0. The Balaban J connectivity index is 1.34. The topological polar surface area (TPSA) is 84.7 Å². The molecule has 3 aliphatic rings. The Labute approximate surface area is 171 Å². The molecule has 0 bridgehead atoms. The molecule has 1 saturated heterocycles. The minimum Gasteiger partial charge on any atom is -0.469 e. The highest BCUT2D eigenvalue weighted by molar-refractivity contribution is 5.93. The Bertz CT molecular complexity index is 758. The lowest BCUT2D eigenvalue weighted by Crippen LogP contribution is -2.34. The number of ether oxygens (including phenoxy) is 1. The highest BCUT2D eigenvalue weighted by Crippen LogP contribution is 2.28. The molecule has 29 heavy (non-hydrogen) atoms. The molecule has 8 heteroatoms. The third-order valence-corrected chi connectivity index (χ3v) is 6.60. The molecule has 1 aromatic rings. The number of hydrogen-bond donors (Lipinski definition) is 0. The fourth-order valence-electron chi connectivity index (χ4n) is 4.83. The van der Waals surface area contributed by atoms with Crippen LogP contribution in [0.2, 0.25) is 0 Å². The second-order valence-corrected chi connectivity index (χ2v) is 8.48. The van der Waals surface area contributed by atoms with Crippen molar-refractivity contribution in [3.05, 3.63) is 17.7 Å². The first kappa shape index (κ1) is 19.9. The number of amides is 2. The molecular weight excluding hydrogens is 372 g/mol. The molecule has 8 nitrogen and oxygen atoms in total. The quantitative estimate of drug-likeness (QED) is 0.713. The van der Waals surface area contributed by atoms with Crippen LogP contribution in [0, 0.1) is 11.8 Å². The summed E-state index contributed by atoms with van der Waals surface area (Å²) in [5.41, 5.74) is 0.427. The predicted octanol–water partition coefficient (Wildman–Crippen LogP) is 1.48. The molecule has 1 aliphatic carbocycles. The van der Waals surface area contributed by atoms with Gasteiger partial charge in [-0.3, -0.25) is 14.4 Å². The van der Waals surface area contributed by atoms with E-state index in [0.717, 1.165) is 5.82 Å². The van der Waals surface area contributed by atoms with E-state index >= 15 is 0 Å². The van der Waals surface area contributed by atoms with E-state index in [1.165, 1.54) is 32.8 Å². The molecule has 0 radical (unpaired) electrons. The van der Waals surface area contributed by atoms with Gasteiger partial charge in [0.2, 0.25) is 5.91 Å². The standard InChI is InChI=1S/C21H30N4O4/c1-29-21(28)16-6-8-25(13-16)20(27)17-14-24-11-10-23(9-7-18(24)22-17)19(26)12-15-4-2-3-5-15/h14-16H,2-13H2,1H3. The van der Waals surface area contributed by atoms with Gasteiger partial charge in [0.25, 0.3) is 5.91 Å². The van der Waals surface area contributed by atoms with Gasteiger partial charge in [-0.05, 0) is 25.2 Å². The average molecular weight is 402 g/mol. The molecule has 1 aromatic heterocycles. The van der Waals surface area contributed by atoms with Crippen LogP contribution in [-0.2, 0) is 27.3 Å². The third kappa shape index (κ3) is 4.31. The van der Waals surface area contributed by atoms with Gasteiger partial charge in [0.05, 0.1) is 13.0 Å². The average Bonchev–Trinajstić information content (AvgIpc) is 3.46. The van der Waals surface area contributed by atoms with Gasteiger partial charge in [-0.1, -0.05) is 12.8 Å². The van der Waals surface area contributed by atoms with E-state index in [1.54, 1.807) is 11.1 Å². The molecule has 1 saturated carbocycles. The summed E-state index contributed by atoms with van der Waals surface area (Å²) in [6, 6.07) is 0. The molecule has 1 atom stereocenters. The van der Waals surface area contributed by atoms with Crippen LogP contribution in [0.25, 0.3) is 0 Å². The van der Waals surface area contributed by atoms with Gasteiger partial charge in [0.15, 0.2) is 0 Å². The van der Waals surface area contributed by atoms with Gasteiger partial charge >= 0.3 is 5.97 Å². The largest absolute Gasteiger partial charge is 0.469 e. The number of rotatable bonds is 4. The molecule has 2 aliphatic heterocycles. The van der Waals surface area contributed by atoms with Gasteiger partial charge in [0.1, 0.15) is 11.5 Å². The van der Waals surface area contributed by atoms with E-state index in [-0.39, 0.29) is 23.7 Å². The van der Waals surface area contributed by atoms with E-state index in [0.29, 0.717) is 63.6 Å². The minimum atomic E-state index is -0.261. The highest BCUT2D eigenvalue weighted by atomic mass is 16.5. The molecule has 158 valence electrons. The Hall–Kier alpha value is -2.38. The zero-order valence-corrected chi connectivity index (χ0v) is 17.1. The number of hydrogen-bond acceptors (Lipinski definition) is 5. The summed E-state index contributed by atoms with van der Waals surface area (Å²) in [7, 11) is 1.38. The summed E-state index contributed by atoms with van der Waals surface area (Å²) in [5, 5.41) is 0. The number of carbonyl (C=O) groups is 3. The maximum absolute atomic E-state index is 12.8. The van der Waals surface area contributed by atoms with Crippen molar-refractivity contribution in [2.24, 2.45) is 11.8 Å². The van der Waals surface area contributed by atoms with Crippen LogP contribution in [0.15, 0.2) is 6.20 Å². The van der Waals surface area contributed by atoms with Crippen molar-refractivity contribution in [2.45, 2.75) is 51.5 Å². The lowest BCUT2D eigenvalue weighted by atomic mass is 10.0. The molecule has 4 rings (SSSR count). The maximum atomic E-state index is 12.8. The van der Waals surface area contributed by atoms with Crippen molar-refractivity contribution in [2.75, 3.05) is 33.3 Å². The summed E-state index contributed by atoms with van der Waals surface area (Å²) in [4.78, 5) is 45.3. The number of fused-ring (bicyclic) bond motifs is 1. The third-order valence-electron chi connectivity index (χ3n) is 6.60. The van der Waals surface area contributed by atoms with Crippen LogP contribution >= 0.6 is 0 Å². The van der Waals surface area contributed by atoms with Crippen molar-refractivity contribution in [3.63, 3.8) is 0 Å². The molecular formula is C21H30N4O4. The molecule has 2 amide bonds. The highest BCUT2D eigenvalue weighted by Gasteiger charge is 2.33. The van der Waals surface area contributed by atoms with Gasteiger partial charge in [-0.2, -0.15) is 0 Å². The normalized spacial score (nSPS) is 22.4. The lowest BCUT2D eigenvalue weighted by molar-refractivity contribution is -0.144. The SMILES string of the molecule is COC(=O)C1CCN(C(=O)c2cn3c(n2)CCN(C(=O)CC2CCCC2)CC3)C1. The molecule has 0 N–H and O–H groups in total. The van der Waals surface area contributed by atoms with Crippen molar-refractivity contribution < 1.29 is 19.1 Å². The minimum absolute atomic E-state index is 0.133. The summed E-state index contributed by atoms with van der Waals surface area (Å²) in [6.07, 6.45) is 8.62. The van der Waals surface area contributed by atoms with Crippen LogP contribution in [0.3, 0.4) is 0 Å². The first-order valence-electron chi connectivity index (χ1n) is 10.8. The smallest absolute Gasteiger partial charge is 0.310 e. The Kier molecular flexibility index (Phi) is 5.87. The first-order chi connectivity index (χ1) is 14.0. The molecule has 3 heterocycles. The fourth-order valence-corrected chi connectivity index (χ4v) is 4.83. The van der Waals surface area contributed by atoms with Gasteiger partial charge in [-0.15, -0.1) is 0 Å². The van der Waals surface area contributed by atoms with E-state index < -0.39 is 0 Å². The second kappa shape index (κ2) is 8.55. The summed E-state index contributed by atoms with van der Waals surface area (Å²) in [6.45, 7) is 2.92. The Morgan fingerprint density at radius 2 is 1.86 bits per heavy atom. The van der Waals surface area contributed by atoms with E-state index in [4.69, 9.17) is 4.74 Å². The number of imidazole rings is 1. The first-order valence-corrected chi connectivity index (χ1v) is 10.8. The van der Waals surface area contributed by atoms with E-state index in [1.807, 2.05) is 9.47 Å². The van der Waals surface area contributed by atoms with Crippen LogP contribution in [0.4, 0.5) is 0 Å². The van der Waals surface area contributed by atoms with Gasteiger partial charge < -0.3 is 19.1 Å². The summed E-state index contributed by atoms with van der Waals surface area (Å²) < 4.78 is 6.79. The van der Waals surface area contributed by atoms with Crippen LogP contribution < -0.4 is 0 Å². The zero-order valence-electron chi connectivity index (χ0n) is 17.1. The zero-order chi connectivity index (χ0) is 20.4. The van der Waals surface area contributed by atoms with Crippen molar-refractivity contribution in [3.8, 4) is 0 Å². The number of esters is 1. The van der Waals surface area contributed by atoms with Crippen molar-refractivity contribution >= 4 is 17.8 Å². The van der Waals surface area contributed by atoms with E-state index in [9.17, 15) is 14.4 Å². The van der Waals surface area contributed by atoms with Gasteiger partial charge in [0, 0.05) is 51.8 Å². The Morgan fingerprint density at radius 3 is 2.62 bits per heavy atom. The predicted molar refractivity (Wildman–Crippen MR) is 105 cm³/mol. The molecule has 1 unspecified atom stereocenters. The second-order valence-electron chi connectivity index (χ2n) is 8.48. The van der Waals surface area contributed by atoms with Gasteiger partial charge in [-0.25, -0.2) is 4.98 Å². The number of aromatic nitrogens is 2. The van der Waals surface area contributed by atoms with Crippen LogP contribution in [0.1, 0.15) is 54.8 Å². The Morgan fingerprint density at radius 1 is 1.07 bits per heavy atom. The fraction of sp³-hybridized carbons (Fsp3) is 0.714. The number of likely N-dealkylation sites (tertiary alicyclic amines) is 1. The number of nitrogens with zero attached hydrogens (tertiary/aromatic N) is 4. The molecule has 2 fully saturated rings. The van der Waals surface area contributed by atoms with Crippen LogP contribution in [0.5, 0.6) is 0 Å². The molecule has 0 aromatic carbocycles.